The third-order valence-corrected chi connectivity index (χ3v) is 4.63. The molecule has 6 nitrogen and oxygen atoms in total. The molecule has 6 heteroatoms. The first kappa shape index (κ1) is 24.7. The maximum atomic E-state index is 13.6. The van der Waals surface area contributed by atoms with Gasteiger partial charge in [0.05, 0.1) is 17.6 Å². The minimum absolute atomic E-state index is 0.00560. The lowest BCUT2D eigenvalue weighted by Crippen LogP contribution is -2.17. The van der Waals surface area contributed by atoms with Crippen LogP contribution in [0.2, 0.25) is 0 Å². The molecule has 2 aromatic carbocycles. The van der Waals surface area contributed by atoms with Crippen molar-refractivity contribution in [3.63, 3.8) is 0 Å². The Labute approximate surface area is 189 Å². The molecule has 170 valence electrons. The largest absolute Gasteiger partial charge is 0.491 e. The maximum Gasteiger partial charge on any atom is 0.310 e. The van der Waals surface area contributed by atoms with Crippen molar-refractivity contribution in [2.75, 3.05) is 13.2 Å². The number of ketones is 1. The molecule has 0 spiro atoms. The second-order valence-electron chi connectivity index (χ2n) is 7.40. The third-order valence-electron chi connectivity index (χ3n) is 4.63. The highest BCUT2D eigenvalue weighted by Gasteiger charge is 2.29. The Morgan fingerprint density at radius 2 is 1.62 bits per heavy atom. The molecule has 0 saturated heterocycles. The average Bonchev–Trinajstić information content (AvgIpc) is 2.76. The van der Waals surface area contributed by atoms with Crippen LogP contribution in [0.15, 0.2) is 61.7 Å². The van der Waals surface area contributed by atoms with E-state index < -0.39 is 11.9 Å². The number of hydrogen-bond acceptors (Lipinski definition) is 5. The normalized spacial score (nSPS) is 11.5. The van der Waals surface area contributed by atoms with Gasteiger partial charge in [0.1, 0.15) is 30.5 Å². The molecule has 2 rings (SSSR count). The topological polar surface area (TPSA) is 82.1 Å². The average molecular weight is 439 g/mol. The van der Waals surface area contributed by atoms with Crippen LogP contribution in [0, 0.1) is 0 Å². The van der Waals surface area contributed by atoms with Gasteiger partial charge in [-0.1, -0.05) is 32.2 Å². The number of ether oxygens (including phenoxy) is 3. The van der Waals surface area contributed by atoms with Crippen LogP contribution in [-0.2, 0) is 4.79 Å². The van der Waals surface area contributed by atoms with Crippen molar-refractivity contribution in [3.05, 3.63) is 78.4 Å². The molecule has 0 bridgehead atoms. The maximum absolute atomic E-state index is 13.6. The van der Waals surface area contributed by atoms with Gasteiger partial charge in [0.15, 0.2) is 5.78 Å². The van der Waals surface area contributed by atoms with Gasteiger partial charge >= 0.3 is 5.97 Å². The highest BCUT2D eigenvalue weighted by Crippen LogP contribution is 2.37. The van der Waals surface area contributed by atoms with Crippen molar-refractivity contribution in [2.24, 2.45) is 0 Å². The molecule has 0 radical (unpaired) electrons. The smallest absolute Gasteiger partial charge is 0.310 e. The van der Waals surface area contributed by atoms with Gasteiger partial charge in [0, 0.05) is 11.6 Å². The Bertz CT molecular complexity index is 959. The summed E-state index contributed by atoms with van der Waals surface area (Å²) in [6.45, 7) is 13.3. The number of carboxylic acids is 1. The zero-order chi connectivity index (χ0) is 23.7. The Kier molecular flexibility index (Phi) is 9.08. The second kappa shape index (κ2) is 11.7. The predicted molar refractivity (Wildman–Crippen MR) is 124 cm³/mol. The fourth-order valence-corrected chi connectivity index (χ4v) is 3.26. The van der Waals surface area contributed by atoms with Gasteiger partial charge in [-0.15, -0.1) is 0 Å². The first-order valence-corrected chi connectivity index (χ1v) is 10.5. The lowest BCUT2D eigenvalue weighted by atomic mass is 9.87. The molecule has 1 atom stereocenters. The molecular weight excluding hydrogens is 408 g/mol. The summed E-state index contributed by atoms with van der Waals surface area (Å²) in [6, 6.07) is 9.93. The van der Waals surface area contributed by atoms with E-state index in [2.05, 4.69) is 13.2 Å². The number of carbonyl (C=O) groups is 2. The Morgan fingerprint density at radius 1 is 1.00 bits per heavy atom. The first-order valence-electron chi connectivity index (χ1n) is 10.5. The summed E-state index contributed by atoms with van der Waals surface area (Å²) in [5.41, 5.74) is 0.934. The summed E-state index contributed by atoms with van der Waals surface area (Å²) in [4.78, 5) is 25.6. The van der Waals surface area contributed by atoms with Crippen LogP contribution >= 0.6 is 0 Å². The lowest BCUT2D eigenvalue weighted by molar-refractivity contribution is -0.138. The van der Waals surface area contributed by atoms with E-state index in [4.69, 9.17) is 14.2 Å². The summed E-state index contributed by atoms with van der Waals surface area (Å²) in [5, 5.41) is 9.82. The van der Waals surface area contributed by atoms with Crippen LogP contribution in [-0.4, -0.2) is 36.2 Å². The highest BCUT2D eigenvalue weighted by atomic mass is 16.5. The van der Waals surface area contributed by atoms with Gasteiger partial charge in [0.25, 0.3) is 0 Å². The summed E-state index contributed by atoms with van der Waals surface area (Å²) < 4.78 is 17.1. The van der Waals surface area contributed by atoms with E-state index in [0.717, 1.165) is 0 Å². The van der Waals surface area contributed by atoms with E-state index in [0.29, 0.717) is 29.0 Å². The molecular formula is C26H30O6. The molecule has 0 saturated carbocycles. The molecule has 0 amide bonds. The molecule has 32 heavy (non-hydrogen) atoms. The molecule has 1 N–H and O–H groups in total. The number of aliphatic carboxylic acids is 1. The van der Waals surface area contributed by atoms with E-state index in [1.165, 1.54) is 0 Å². The van der Waals surface area contributed by atoms with Crippen LogP contribution in [0.5, 0.6) is 17.2 Å². The number of hydrogen-bond donors (Lipinski definition) is 1. The van der Waals surface area contributed by atoms with Gasteiger partial charge in [-0.05, 0) is 56.2 Å². The first-order chi connectivity index (χ1) is 15.3. The predicted octanol–water partition coefficient (Wildman–Crippen LogP) is 5.41. The molecule has 0 aliphatic rings. The Balaban J connectivity index is 2.64. The summed E-state index contributed by atoms with van der Waals surface area (Å²) in [7, 11) is 0. The van der Waals surface area contributed by atoms with Crippen LogP contribution in [0.25, 0.3) is 0 Å². The number of carboxylic acid groups (broad SMARTS) is 1. The molecule has 0 aliphatic carbocycles. The minimum atomic E-state index is -1.03. The van der Waals surface area contributed by atoms with Crippen molar-refractivity contribution in [3.8, 4) is 17.2 Å². The van der Waals surface area contributed by atoms with Crippen LogP contribution in [0.3, 0.4) is 0 Å². The molecule has 0 fully saturated rings. The molecule has 0 aliphatic heterocycles. The zero-order valence-electron chi connectivity index (χ0n) is 18.8. The summed E-state index contributed by atoms with van der Waals surface area (Å²) in [6.07, 6.45) is 3.43. The fourth-order valence-electron chi connectivity index (χ4n) is 3.26. The SMILES string of the molecule is C=CCOc1cc(OCC=C)c(C(=O)c2ccc(OC(C)C)cc2)c(C(CC)C(=O)O)c1. The van der Waals surface area contributed by atoms with Gasteiger partial charge in [-0.2, -0.15) is 0 Å². The van der Waals surface area contributed by atoms with Gasteiger partial charge in [0.2, 0.25) is 0 Å². The van der Waals surface area contributed by atoms with E-state index in [9.17, 15) is 14.7 Å². The van der Waals surface area contributed by atoms with E-state index in [-0.39, 0.29) is 36.4 Å². The van der Waals surface area contributed by atoms with Gasteiger partial charge in [-0.25, -0.2) is 0 Å². The molecule has 2 aromatic rings. The summed E-state index contributed by atoms with van der Waals surface area (Å²) >= 11 is 0. The van der Waals surface area contributed by atoms with Gasteiger partial charge in [-0.3, -0.25) is 9.59 Å². The van der Waals surface area contributed by atoms with Crippen molar-refractivity contribution in [1.29, 1.82) is 0 Å². The third kappa shape index (κ3) is 6.23. The van der Waals surface area contributed by atoms with Crippen LogP contribution < -0.4 is 14.2 Å². The van der Waals surface area contributed by atoms with Crippen molar-refractivity contribution in [2.45, 2.75) is 39.2 Å². The van der Waals surface area contributed by atoms with Crippen molar-refractivity contribution < 1.29 is 28.9 Å². The highest BCUT2D eigenvalue weighted by molar-refractivity contribution is 6.12. The van der Waals surface area contributed by atoms with E-state index in [1.807, 2.05) is 13.8 Å². The lowest BCUT2D eigenvalue weighted by Gasteiger charge is -2.20. The molecule has 0 aromatic heterocycles. The second-order valence-corrected chi connectivity index (χ2v) is 7.40. The van der Waals surface area contributed by atoms with Crippen LogP contribution in [0.4, 0.5) is 0 Å². The summed E-state index contributed by atoms with van der Waals surface area (Å²) in [5.74, 6) is -0.992. The monoisotopic (exact) mass is 438 g/mol. The molecule has 1 unspecified atom stereocenters. The van der Waals surface area contributed by atoms with E-state index in [1.54, 1.807) is 55.5 Å². The van der Waals surface area contributed by atoms with Crippen molar-refractivity contribution in [1.82, 2.24) is 0 Å². The Hall–Kier alpha value is -3.54. The minimum Gasteiger partial charge on any atom is -0.491 e. The Morgan fingerprint density at radius 3 is 2.16 bits per heavy atom. The number of rotatable bonds is 13. The van der Waals surface area contributed by atoms with Gasteiger partial charge < -0.3 is 19.3 Å². The molecule has 0 heterocycles. The van der Waals surface area contributed by atoms with Crippen molar-refractivity contribution >= 4 is 11.8 Å². The van der Waals surface area contributed by atoms with E-state index >= 15 is 0 Å². The standard InChI is InChI=1S/C26H30O6/c1-6-13-30-20-15-22(21(8-3)26(28)29)24(23(16-20)31-14-7-2)25(27)18-9-11-19(12-10-18)32-17(4)5/h6-7,9-12,15-17,21H,1-2,8,13-14H2,3-5H3,(H,28,29). The quantitative estimate of drug-likeness (QED) is 0.332. The number of benzene rings is 2. The zero-order valence-corrected chi connectivity index (χ0v) is 18.8. The van der Waals surface area contributed by atoms with Crippen LogP contribution in [0.1, 0.15) is 54.6 Å². The number of carbonyl (C=O) groups excluding carboxylic acids is 1. The fraction of sp³-hybridized carbons (Fsp3) is 0.308.